The van der Waals surface area contributed by atoms with Crippen molar-refractivity contribution in [2.75, 3.05) is 0 Å². The highest BCUT2D eigenvalue weighted by molar-refractivity contribution is 5.80. The maximum atomic E-state index is 11.2. The SMILES string of the molecule is CCC(C(=O)O)n1c(C)nc2ccccc21. The molecule has 0 bridgehead atoms. The van der Waals surface area contributed by atoms with E-state index in [0.717, 1.165) is 16.9 Å². The number of carboxylic acid groups (broad SMARTS) is 1. The van der Waals surface area contributed by atoms with Crippen LogP contribution >= 0.6 is 0 Å². The number of para-hydroxylation sites is 2. The number of aliphatic carboxylic acids is 1. The highest BCUT2D eigenvalue weighted by Crippen LogP contribution is 2.22. The van der Waals surface area contributed by atoms with E-state index in [0.29, 0.717) is 6.42 Å². The number of aryl methyl sites for hydroxylation is 1. The van der Waals surface area contributed by atoms with Gasteiger partial charge in [-0.3, -0.25) is 0 Å². The minimum atomic E-state index is -0.811. The maximum absolute atomic E-state index is 11.2. The van der Waals surface area contributed by atoms with Crippen LogP contribution < -0.4 is 0 Å². The van der Waals surface area contributed by atoms with Crippen molar-refractivity contribution in [3.8, 4) is 0 Å². The molecule has 84 valence electrons. The van der Waals surface area contributed by atoms with Gasteiger partial charge in [-0.2, -0.15) is 0 Å². The number of aromatic nitrogens is 2. The zero-order valence-electron chi connectivity index (χ0n) is 9.34. The molecule has 0 saturated heterocycles. The summed E-state index contributed by atoms with van der Waals surface area (Å²) in [5.74, 6) is -0.0656. The van der Waals surface area contributed by atoms with Gasteiger partial charge in [0.15, 0.2) is 0 Å². The fourth-order valence-electron chi connectivity index (χ4n) is 2.03. The summed E-state index contributed by atoms with van der Waals surface area (Å²) in [4.78, 5) is 15.5. The first-order valence-corrected chi connectivity index (χ1v) is 5.31. The Labute approximate surface area is 93.5 Å². The fraction of sp³-hybridized carbons (Fsp3) is 0.333. The Bertz CT molecular complexity index is 531. The van der Waals surface area contributed by atoms with Crippen LogP contribution in [0, 0.1) is 6.92 Å². The van der Waals surface area contributed by atoms with Crippen molar-refractivity contribution in [2.45, 2.75) is 26.3 Å². The molecule has 0 aliphatic carbocycles. The minimum absolute atomic E-state index is 0.535. The lowest BCUT2D eigenvalue weighted by Gasteiger charge is -2.14. The summed E-state index contributed by atoms with van der Waals surface area (Å²) in [6.45, 7) is 3.71. The van der Waals surface area contributed by atoms with Gasteiger partial charge in [0.2, 0.25) is 0 Å². The van der Waals surface area contributed by atoms with Gasteiger partial charge in [0, 0.05) is 0 Å². The number of hydrogen-bond donors (Lipinski definition) is 1. The second-order valence-corrected chi connectivity index (χ2v) is 3.78. The van der Waals surface area contributed by atoms with Gasteiger partial charge in [0.1, 0.15) is 11.9 Å². The van der Waals surface area contributed by atoms with Gasteiger partial charge in [-0.05, 0) is 25.5 Å². The molecule has 0 saturated carbocycles. The van der Waals surface area contributed by atoms with Crippen LogP contribution in [0.4, 0.5) is 0 Å². The summed E-state index contributed by atoms with van der Waals surface area (Å²) in [5, 5.41) is 9.18. The molecular formula is C12H14N2O2. The molecule has 1 aromatic carbocycles. The van der Waals surface area contributed by atoms with Crippen LogP contribution in [-0.4, -0.2) is 20.6 Å². The number of carbonyl (C=O) groups is 1. The molecule has 0 radical (unpaired) electrons. The Morgan fingerprint density at radius 1 is 1.50 bits per heavy atom. The molecule has 0 fully saturated rings. The van der Waals surface area contributed by atoms with Crippen LogP contribution in [0.3, 0.4) is 0 Å². The van der Waals surface area contributed by atoms with E-state index in [1.165, 1.54) is 0 Å². The Morgan fingerprint density at radius 3 is 2.81 bits per heavy atom. The summed E-state index contributed by atoms with van der Waals surface area (Å²) in [5.41, 5.74) is 1.73. The molecule has 0 amide bonds. The zero-order chi connectivity index (χ0) is 11.7. The van der Waals surface area contributed by atoms with E-state index in [1.54, 1.807) is 4.57 Å². The van der Waals surface area contributed by atoms with Crippen LogP contribution in [0.25, 0.3) is 11.0 Å². The Balaban J connectivity index is 2.66. The molecule has 1 heterocycles. The van der Waals surface area contributed by atoms with Crippen LogP contribution in [0.15, 0.2) is 24.3 Å². The first-order valence-electron chi connectivity index (χ1n) is 5.31. The number of rotatable bonds is 3. The third-order valence-corrected chi connectivity index (χ3v) is 2.76. The third-order valence-electron chi connectivity index (χ3n) is 2.76. The lowest BCUT2D eigenvalue weighted by molar-refractivity contribution is -0.140. The average Bonchev–Trinajstić information content (AvgIpc) is 2.57. The van der Waals surface area contributed by atoms with E-state index in [-0.39, 0.29) is 0 Å². The molecule has 2 aromatic rings. The smallest absolute Gasteiger partial charge is 0.326 e. The van der Waals surface area contributed by atoms with Crippen molar-refractivity contribution < 1.29 is 9.90 Å². The van der Waals surface area contributed by atoms with Gasteiger partial charge < -0.3 is 9.67 Å². The maximum Gasteiger partial charge on any atom is 0.326 e. The molecule has 0 aliphatic heterocycles. The Morgan fingerprint density at radius 2 is 2.19 bits per heavy atom. The number of carboxylic acids is 1. The van der Waals surface area contributed by atoms with Gasteiger partial charge in [-0.15, -0.1) is 0 Å². The fourth-order valence-corrected chi connectivity index (χ4v) is 2.03. The van der Waals surface area contributed by atoms with Crippen LogP contribution in [0.1, 0.15) is 25.2 Å². The summed E-state index contributed by atoms with van der Waals surface area (Å²) >= 11 is 0. The molecule has 2 rings (SSSR count). The van der Waals surface area contributed by atoms with Crippen molar-refractivity contribution in [2.24, 2.45) is 0 Å². The monoisotopic (exact) mass is 218 g/mol. The molecule has 4 nitrogen and oxygen atoms in total. The van der Waals surface area contributed by atoms with E-state index in [2.05, 4.69) is 4.98 Å². The minimum Gasteiger partial charge on any atom is -0.480 e. The van der Waals surface area contributed by atoms with Gasteiger partial charge in [0.05, 0.1) is 11.0 Å². The van der Waals surface area contributed by atoms with E-state index in [1.807, 2.05) is 38.1 Å². The standard InChI is InChI=1S/C12H14N2O2/c1-3-10(12(15)16)14-8(2)13-9-6-4-5-7-11(9)14/h4-7,10H,3H2,1-2H3,(H,15,16). The molecule has 1 aromatic heterocycles. The molecule has 1 unspecified atom stereocenters. The van der Waals surface area contributed by atoms with Crippen molar-refractivity contribution in [3.63, 3.8) is 0 Å². The van der Waals surface area contributed by atoms with E-state index in [9.17, 15) is 9.90 Å². The first-order chi connectivity index (χ1) is 7.65. The number of hydrogen-bond acceptors (Lipinski definition) is 2. The Kier molecular flexibility index (Phi) is 2.64. The number of fused-ring (bicyclic) bond motifs is 1. The molecule has 0 aliphatic rings. The molecule has 0 spiro atoms. The molecule has 4 heteroatoms. The molecule has 16 heavy (non-hydrogen) atoms. The lowest BCUT2D eigenvalue weighted by Crippen LogP contribution is -2.19. The third kappa shape index (κ3) is 1.56. The summed E-state index contributed by atoms with van der Waals surface area (Å²) in [6, 6.07) is 7.07. The number of benzene rings is 1. The second-order valence-electron chi connectivity index (χ2n) is 3.78. The number of nitrogens with zero attached hydrogens (tertiary/aromatic N) is 2. The van der Waals surface area contributed by atoms with Crippen LogP contribution in [0.5, 0.6) is 0 Å². The quantitative estimate of drug-likeness (QED) is 0.860. The lowest BCUT2D eigenvalue weighted by atomic mass is 10.2. The van der Waals surface area contributed by atoms with Crippen molar-refractivity contribution in [3.05, 3.63) is 30.1 Å². The average molecular weight is 218 g/mol. The highest BCUT2D eigenvalue weighted by Gasteiger charge is 2.21. The topological polar surface area (TPSA) is 55.1 Å². The molecule has 1 N–H and O–H groups in total. The predicted octanol–water partition coefficient (Wildman–Crippen LogP) is 2.38. The predicted molar refractivity (Wildman–Crippen MR) is 61.4 cm³/mol. The van der Waals surface area contributed by atoms with Crippen molar-refractivity contribution >= 4 is 17.0 Å². The molecule has 1 atom stereocenters. The highest BCUT2D eigenvalue weighted by atomic mass is 16.4. The van der Waals surface area contributed by atoms with Crippen molar-refractivity contribution in [1.82, 2.24) is 9.55 Å². The van der Waals surface area contributed by atoms with Gasteiger partial charge in [0.25, 0.3) is 0 Å². The molecular weight excluding hydrogens is 204 g/mol. The van der Waals surface area contributed by atoms with Crippen LogP contribution in [-0.2, 0) is 4.79 Å². The van der Waals surface area contributed by atoms with Gasteiger partial charge >= 0.3 is 5.97 Å². The normalized spacial score (nSPS) is 12.9. The van der Waals surface area contributed by atoms with Crippen LogP contribution in [0.2, 0.25) is 0 Å². The second kappa shape index (κ2) is 3.96. The summed E-state index contributed by atoms with van der Waals surface area (Å²) in [6.07, 6.45) is 0.552. The van der Waals surface area contributed by atoms with E-state index < -0.39 is 12.0 Å². The first kappa shape index (κ1) is 10.7. The number of imidazole rings is 1. The largest absolute Gasteiger partial charge is 0.480 e. The van der Waals surface area contributed by atoms with Gasteiger partial charge in [-0.1, -0.05) is 19.1 Å². The van der Waals surface area contributed by atoms with E-state index in [4.69, 9.17) is 0 Å². The van der Waals surface area contributed by atoms with Gasteiger partial charge in [-0.25, -0.2) is 9.78 Å². The Hall–Kier alpha value is -1.84. The zero-order valence-corrected chi connectivity index (χ0v) is 9.34. The van der Waals surface area contributed by atoms with E-state index >= 15 is 0 Å². The summed E-state index contributed by atoms with van der Waals surface area (Å²) in [7, 11) is 0. The summed E-state index contributed by atoms with van der Waals surface area (Å²) < 4.78 is 1.79. The van der Waals surface area contributed by atoms with Crippen molar-refractivity contribution in [1.29, 1.82) is 0 Å².